The molecule has 0 fully saturated rings. The maximum Gasteiger partial charge on any atom is 0.191 e. The van der Waals surface area contributed by atoms with Crippen LogP contribution >= 0.6 is 0 Å². The first kappa shape index (κ1) is 18.9. The molecule has 136 valence electrons. The Hall–Kier alpha value is -2.41. The topological polar surface area (TPSA) is 76.4 Å². The smallest absolute Gasteiger partial charge is 0.191 e. The third-order valence-electron chi connectivity index (χ3n) is 3.92. The number of aromatic nitrogens is 3. The number of guanidine groups is 1. The van der Waals surface area contributed by atoms with E-state index in [0.717, 1.165) is 31.3 Å². The van der Waals surface area contributed by atoms with E-state index < -0.39 is 0 Å². The normalized spacial score (nSPS) is 11.6. The molecule has 1 aromatic carbocycles. The first-order valence-corrected chi connectivity index (χ1v) is 8.67. The predicted molar refractivity (Wildman–Crippen MR) is 99.6 cm³/mol. The summed E-state index contributed by atoms with van der Waals surface area (Å²) in [5.41, 5.74) is 2.47. The molecular weight excluding hydrogens is 316 g/mol. The van der Waals surface area contributed by atoms with Crippen LogP contribution in [-0.2, 0) is 24.2 Å². The Morgan fingerprint density at radius 3 is 2.80 bits per heavy atom. The summed E-state index contributed by atoms with van der Waals surface area (Å²) in [4.78, 5) is 4.69. The largest absolute Gasteiger partial charge is 0.383 e. The molecule has 0 amide bonds. The molecule has 0 saturated carbocycles. The van der Waals surface area contributed by atoms with Gasteiger partial charge in [0.25, 0.3) is 0 Å². The molecule has 2 aromatic rings. The van der Waals surface area contributed by atoms with Gasteiger partial charge in [-0.1, -0.05) is 31.2 Å². The highest BCUT2D eigenvalue weighted by Gasteiger charge is 2.03. The molecule has 0 aliphatic carbocycles. The van der Waals surface area contributed by atoms with Crippen molar-refractivity contribution in [1.82, 2.24) is 25.4 Å². The van der Waals surface area contributed by atoms with E-state index in [4.69, 9.17) is 4.74 Å². The fourth-order valence-electron chi connectivity index (χ4n) is 2.43. The lowest BCUT2D eigenvalue weighted by Crippen LogP contribution is -2.40. The minimum absolute atomic E-state index is 0.635. The van der Waals surface area contributed by atoms with E-state index in [0.29, 0.717) is 19.7 Å². The van der Waals surface area contributed by atoms with Crippen molar-refractivity contribution >= 4 is 5.96 Å². The van der Waals surface area contributed by atoms with Gasteiger partial charge in [-0.25, -0.2) is 4.99 Å². The summed E-state index contributed by atoms with van der Waals surface area (Å²) in [5, 5.41) is 14.7. The number of nitrogens with one attached hydrogen (secondary N) is 2. The summed E-state index contributed by atoms with van der Waals surface area (Å²) >= 11 is 0. The van der Waals surface area contributed by atoms with Gasteiger partial charge in [-0.2, -0.15) is 0 Å². The van der Waals surface area contributed by atoms with E-state index in [1.165, 1.54) is 11.1 Å². The average Bonchev–Trinajstić information content (AvgIpc) is 3.08. The Kier molecular flexibility index (Phi) is 7.91. The molecule has 25 heavy (non-hydrogen) atoms. The molecule has 1 heterocycles. The summed E-state index contributed by atoms with van der Waals surface area (Å²) in [6.07, 6.45) is 2.64. The van der Waals surface area contributed by atoms with Gasteiger partial charge < -0.3 is 19.9 Å². The number of hydrogen-bond acceptors (Lipinski definition) is 4. The second kappa shape index (κ2) is 10.5. The highest BCUT2D eigenvalue weighted by Crippen LogP contribution is 2.07. The van der Waals surface area contributed by atoms with Crippen molar-refractivity contribution in [3.8, 4) is 0 Å². The van der Waals surface area contributed by atoms with Crippen LogP contribution in [0, 0.1) is 6.92 Å². The lowest BCUT2D eigenvalue weighted by atomic mass is 10.1. The maximum atomic E-state index is 5.10. The molecule has 2 N–H and O–H groups in total. The molecule has 0 bridgehead atoms. The molecule has 0 saturated heterocycles. The molecule has 0 aliphatic heterocycles. The second-order valence-electron chi connectivity index (χ2n) is 5.73. The van der Waals surface area contributed by atoms with Crippen molar-refractivity contribution in [2.75, 3.05) is 26.8 Å². The number of nitrogens with zero attached hydrogens (tertiary/aromatic N) is 4. The van der Waals surface area contributed by atoms with Crippen LogP contribution in [-0.4, -0.2) is 47.5 Å². The summed E-state index contributed by atoms with van der Waals surface area (Å²) in [6.45, 7) is 7.72. The Bertz CT molecular complexity index is 667. The van der Waals surface area contributed by atoms with E-state index in [1.807, 2.05) is 12.1 Å². The highest BCUT2D eigenvalue weighted by molar-refractivity contribution is 5.79. The first-order valence-electron chi connectivity index (χ1n) is 8.67. The van der Waals surface area contributed by atoms with Gasteiger partial charge in [-0.15, -0.1) is 10.2 Å². The molecule has 0 aliphatic rings. The molecule has 7 heteroatoms. The molecule has 0 radical (unpaired) electrons. The minimum Gasteiger partial charge on any atom is -0.383 e. The Labute approximate surface area is 149 Å². The summed E-state index contributed by atoms with van der Waals surface area (Å²) < 4.78 is 7.16. The standard InChI is InChI=1S/C18H28N6O/c1-4-17-23-22-14-24(17)11-9-19-18(20-10-12-25-3)21-13-16-8-6-5-7-15(16)2/h5-8,14H,4,9-13H2,1-3H3,(H2,19,20,21). The van der Waals surface area contributed by atoms with Gasteiger partial charge in [0.2, 0.25) is 0 Å². The van der Waals surface area contributed by atoms with Crippen LogP contribution in [0.4, 0.5) is 0 Å². The van der Waals surface area contributed by atoms with Crippen molar-refractivity contribution in [3.63, 3.8) is 0 Å². The van der Waals surface area contributed by atoms with E-state index in [9.17, 15) is 0 Å². The summed E-state index contributed by atoms with van der Waals surface area (Å²) in [5.74, 6) is 1.78. The fourth-order valence-corrected chi connectivity index (χ4v) is 2.43. The molecule has 0 atom stereocenters. The monoisotopic (exact) mass is 344 g/mol. The zero-order valence-electron chi connectivity index (χ0n) is 15.3. The Morgan fingerprint density at radius 2 is 2.04 bits per heavy atom. The van der Waals surface area contributed by atoms with Crippen molar-refractivity contribution < 1.29 is 4.74 Å². The maximum absolute atomic E-state index is 5.10. The lowest BCUT2D eigenvalue weighted by Gasteiger charge is -2.13. The summed E-state index contributed by atoms with van der Waals surface area (Å²) in [7, 11) is 1.69. The fraction of sp³-hybridized carbons (Fsp3) is 0.500. The van der Waals surface area contributed by atoms with Gasteiger partial charge in [-0.3, -0.25) is 0 Å². The van der Waals surface area contributed by atoms with Gasteiger partial charge in [0, 0.05) is 33.2 Å². The third kappa shape index (κ3) is 6.19. The third-order valence-corrected chi connectivity index (χ3v) is 3.92. The SMILES string of the molecule is CCc1nncn1CCNC(=NCc1ccccc1C)NCCOC. The van der Waals surface area contributed by atoms with Crippen LogP contribution in [0.2, 0.25) is 0 Å². The van der Waals surface area contributed by atoms with E-state index in [2.05, 4.69) is 56.4 Å². The molecular formula is C18H28N6O. The van der Waals surface area contributed by atoms with Crippen molar-refractivity contribution in [1.29, 1.82) is 0 Å². The zero-order chi connectivity index (χ0) is 17.9. The van der Waals surface area contributed by atoms with Crippen LogP contribution < -0.4 is 10.6 Å². The van der Waals surface area contributed by atoms with E-state index >= 15 is 0 Å². The predicted octanol–water partition coefficient (Wildman–Crippen LogP) is 1.53. The van der Waals surface area contributed by atoms with E-state index in [-0.39, 0.29) is 0 Å². The van der Waals surface area contributed by atoms with Crippen LogP contribution in [0.3, 0.4) is 0 Å². The number of ether oxygens (including phenoxy) is 1. The molecule has 0 unspecified atom stereocenters. The van der Waals surface area contributed by atoms with Crippen LogP contribution in [0.15, 0.2) is 35.6 Å². The lowest BCUT2D eigenvalue weighted by molar-refractivity contribution is 0.203. The quantitative estimate of drug-likeness (QED) is 0.410. The number of aryl methyl sites for hydroxylation is 2. The zero-order valence-corrected chi connectivity index (χ0v) is 15.3. The number of hydrogen-bond donors (Lipinski definition) is 2. The van der Waals surface area contributed by atoms with Crippen molar-refractivity contribution in [2.24, 2.45) is 4.99 Å². The molecule has 0 spiro atoms. The number of rotatable bonds is 9. The first-order chi connectivity index (χ1) is 12.2. The number of aliphatic imine (C=N–C) groups is 1. The minimum atomic E-state index is 0.635. The molecule has 2 rings (SSSR count). The number of benzene rings is 1. The van der Waals surface area contributed by atoms with Gasteiger partial charge >= 0.3 is 0 Å². The average molecular weight is 344 g/mol. The van der Waals surface area contributed by atoms with Crippen molar-refractivity contribution in [3.05, 3.63) is 47.5 Å². The van der Waals surface area contributed by atoms with Gasteiger partial charge in [0.05, 0.1) is 13.2 Å². The van der Waals surface area contributed by atoms with Crippen molar-refractivity contribution in [2.45, 2.75) is 33.4 Å². The van der Waals surface area contributed by atoms with Gasteiger partial charge in [0.1, 0.15) is 12.2 Å². The molecule has 7 nitrogen and oxygen atoms in total. The summed E-state index contributed by atoms with van der Waals surface area (Å²) in [6, 6.07) is 8.30. The second-order valence-corrected chi connectivity index (χ2v) is 5.73. The van der Waals surface area contributed by atoms with Crippen LogP contribution in [0.5, 0.6) is 0 Å². The Balaban J connectivity index is 1.92. The van der Waals surface area contributed by atoms with Crippen LogP contribution in [0.1, 0.15) is 23.9 Å². The van der Waals surface area contributed by atoms with Gasteiger partial charge in [0.15, 0.2) is 5.96 Å². The number of methoxy groups -OCH3 is 1. The molecule has 1 aromatic heterocycles. The van der Waals surface area contributed by atoms with Gasteiger partial charge in [-0.05, 0) is 18.1 Å². The highest BCUT2D eigenvalue weighted by atomic mass is 16.5. The van der Waals surface area contributed by atoms with Crippen LogP contribution in [0.25, 0.3) is 0 Å². The Morgan fingerprint density at radius 1 is 1.24 bits per heavy atom. The van der Waals surface area contributed by atoms with E-state index in [1.54, 1.807) is 13.4 Å².